The number of rotatable bonds is 3. The quantitative estimate of drug-likeness (QED) is 0.943. The molecule has 104 valence electrons. The molecule has 2 aromatic rings. The highest BCUT2D eigenvalue weighted by Gasteiger charge is 2.18. The fourth-order valence-corrected chi connectivity index (χ4v) is 2.59. The van der Waals surface area contributed by atoms with Gasteiger partial charge in [0.1, 0.15) is 4.88 Å². The summed E-state index contributed by atoms with van der Waals surface area (Å²) in [5.41, 5.74) is 1.18. The van der Waals surface area contributed by atoms with E-state index in [2.05, 4.69) is 10.3 Å². The largest absolute Gasteiger partial charge is 0.344 e. The summed E-state index contributed by atoms with van der Waals surface area (Å²) in [6, 6.07) is 8.88. The zero-order chi connectivity index (χ0) is 14.7. The molecule has 0 aliphatic heterocycles. The van der Waals surface area contributed by atoms with Crippen LogP contribution >= 0.6 is 11.3 Å². The minimum Gasteiger partial charge on any atom is -0.344 e. The summed E-state index contributed by atoms with van der Waals surface area (Å²) in [4.78, 5) is 30.2. The molecule has 0 saturated heterocycles. The fraction of sp³-hybridized carbons (Fsp3) is 0.214. The van der Waals surface area contributed by atoms with Crippen molar-refractivity contribution in [1.29, 1.82) is 0 Å². The van der Waals surface area contributed by atoms with Crippen LogP contribution in [0.2, 0.25) is 0 Å². The van der Waals surface area contributed by atoms with Crippen LogP contribution in [0.5, 0.6) is 0 Å². The van der Waals surface area contributed by atoms with Crippen LogP contribution in [0.25, 0.3) is 0 Å². The van der Waals surface area contributed by atoms with E-state index in [1.807, 2.05) is 6.07 Å². The maximum Gasteiger partial charge on any atom is 0.265 e. The molecule has 0 fully saturated rings. The van der Waals surface area contributed by atoms with Gasteiger partial charge in [0.05, 0.1) is 5.69 Å². The van der Waals surface area contributed by atoms with Crippen LogP contribution in [-0.4, -0.2) is 35.8 Å². The Hall–Kier alpha value is -2.21. The van der Waals surface area contributed by atoms with Gasteiger partial charge < -0.3 is 4.90 Å². The highest BCUT2D eigenvalue weighted by atomic mass is 32.1. The smallest absolute Gasteiger partial charge is 0.265 e. The number of aromatic nitrogens is 1. The number of nitrogens with zero attached hydrogens (tertiary/aromatic N) is 2. The van der Waals surface area contributed by atoms with Crippen LogP contribution in [0.3, 0.4) is 0 Å². The molecular weight excluding hydrogens is 274 g/mol. The molecule has 0 atom stereocenters. The second-order valence-electron chi connectivity index (χ2n) is 4.45. The summed E-state index contributed by atoms with van der Waals surface area (Å²) >= 11 is 1.18. The minimum atomic E-state index is -0.233. The number of amides is 2. The Morgan fingerprint density at radius 1 is 1.20 bits per heavy atom. The lowest BCUT2D eigenvalue weighted by atomic mass is 10.2. The van der Waals surface area contributed by atoms with E-state index < -0.39 is 0 Å². The van der Waals surface area contributed by atoms with Crippen molar-refractivity contribution in [2.75, 3.05) is 19.4 Å². The van der Waals surface area contributed by atoms with Gasteiger partial charge in [0, 0.05) is 19.7 Å². The standard InChI is InChI=1S/C14H15N3O2S/c1-9-11(13(19)17(2)3)20-14(15-9)16-12(18)10-7-5-4-6-8-10/h4-8H,1-3H3,(H,15,16,18). The number of carbonyl (C=O) groups is 2. The molecular formula is C14H15N3O2S. The molecule has 2 rings (SSSR count). The van der Waals surface area contributed by atoms with Crippen LogP contribution < -0.4 is 5.32 Å². The molecule has 0 saturated carbocycles. The van der Waals surface area contributed by atoms with Crippen LogP contribution in [-0.2, 0) is 0 Å². The number of anilines is 1. The van der Waals surface area contributed by atoms with Crippen LogP contribution in [0.15, 0.2) is 30.3 Å². The van der Waals surface area contributed by atoms with E-state index in [4.69, 9.17) is 0 Å². The molecule has 20 heavy (non-hydrogen) atoms. The van der Waals surface area contributed by atoms with Gasteiger partial charge in [-0.05, 0) is 19.1 Å². The van der Waals surface area contributed by atoms with Gasteiger partial charge >= 0.3 is 0 Å². The predicted octanol–water partition coefficient (Wildman–Crippen LogP) is 2.41. The van der Waals surface area contributed by atoms with E-state index in [0.717, 1.165) is 0 Å². The van der Waals surface area contributed by atoms with Crippen molar-refractivity contribution in [2.45, 2.75) is 6.92 Å². The number of nitrogens with one attached hydrogen (secondary N) is 1. The van der Waals surface area contributed by atoms with E-state index >= 15 is 0 Å². The lowest BCUT2D eigenvalue weighted by molar-refractivity contribution is 0.0831. The first-order valence-corrected chi connectivity index (χ1v) is 6.86. The number of thiazole rings is 1. The molecule has 2 amide bonds. The monoisotopic (exact) mass is 289 g/mol. The third-order valence-electron chi connectivity index (χ3n) is 2.65. The average molecular weight is 289 g/mol. The van der Waals surface area contributed by atoms with Gasteiger partial charge in [-0.1, -0.05) is 29.5 Å². The average Bonchev–Trinajstić information content (AvgIpc) is 2.79. The molecule has 0 radical (unpaired) electrons. The van der Waals surface area contributed by atoms with Crippen molar-refractivity contribution in [1.82, 2.24) is 9.88 Å². The first-order valence-electron chi connectivity index (χ1n) is 6.04. The normalized spacial score (nSPS) is 10.2. The molecule has 1 heterocycles. The zero-order valence-electron chi connectivity index (χ0n) is 11.5. The maximum absolute atomic E-state index is 12.0. The molecule has 0 aliphatic rings. The summed E-state index contributed by atoms with van der Waals surface area (Å²) < 4.78 is 0. The molecule has 0 aliphatic carbocycles. The second-order valence-corrected chi connectivity index (χ2v) is 5.45. The van der Waals surface area contributed by atoms with Gasteiger partial charge in [-0.3, -0.25) is 14.9 Å². The summed E-state index contributed by atoms with van der Waals surface area (Å²) in [7, 11) is 3.37. The van der Waals surface area contributed by atoms with Crippen molar-refractivity contribution in [3.05, 3.63) is 46.5 Å². The van der Waals surface area contributed by atoms with Crippen LogP contribution in [0.4, 0.5) is 5.13 Å². The van der Waals surface area contributed by atoms with Gasteiger partial charge in [-0.15, -0.1) is 0 Å². The third kappa shape index (κ3) is 3.03. The van der Waals surface area contributed by atoms with Crippen molar-refractivity contribution in [3.8, 4) is 0 Å². The summed E-state index contributed by atoms with van der Waals surface area (Å²) in [5.74, 6) is -0.344. The van der Waals surface area contributed by atoms with Gasteiger partial charge in [0.2, 0.25) is 0 Å². The molecule has 1 aromatic heterocycles. The number of carbonyl (C=O) groups excluding carboxylic acids is 2. The Morgan fingerprint density at radius 2 is 1.85 bits per heavy atom. The summed E-state index contributed by atoms with van der Waals surface area (Å²) in [6.45, 7) is 1.76. The molecule has 1 aromatic carbocycles. The fourth-order valence-electron chi connectivity index (χ4n) is 1.61. The van der Waals surface area contributed by atoms with E-state index in [0.29, 0.717) is 21.3 Å². The van der Waals surface area contributed by atoms with Crippen LogP contribution in [0.1, 0.15) is 25.7 Å². The van der Waals surface area contributed by atoms with Gasteiger partial charge in [-0.2, -0.15) is 0 Å². The maximum atomic E-state index is 12.0. The third-order valence-corrected chi connectivity index (χ3v) is 3.71. The molecule has 0 bridgehead atoms. The van der Waals surface area contributed by atoms with Gasteiger partial charge in [0.15, 0.2) is 5.13 Å². The molecule has 0 spiro atoms. The Kier molecular flexibility index (Phi) is 4.14. The van der Waals surface area contributed by atoms with E-state index in [9.17, 15) is 9.59 Å². The highest BCUT2D eigenvalue weighted by Crippen LogP contribution is 2.24. The molecule has 6 heteroatoms. The van der Waals surface area contributed by atoms with E-state index in [1.165, 1.54) is 16.2 Å². The number of aryl methyl sites for hydroxylation is 1. The Labute approximate surface area is 121 Å². The van der Waals surface area contributed by atoms with Crippen molar-refractivity contribution < 1.29 is 9.59 Å². The number of hydrogen-bond acceptors (Lipinski definition) is 4. The second kappa shape index (κ2) is 5.83. The van der Waals surface area contributed by atoms with E-state index in [-0.39, 0.29) is 11.8 Å². The zero-order valence-corrected chi connectivity index (χ0v) is 12.3. The van der Waals surface area contributed by atoms with Crippen molar-refractivity contribution >= 4 is 28.3 Å². The lowest BCUT2D eigenvalue weighted by Gasteiger charge is -2.07. The van der Waals surface area contributed by atoms with Gasteiger partial charge in [0.25, 0.3) is 11.8 Å². The Morgan fingerprint density at radius 3 is 2.45 bits per heavy atom. The first kappa shape index (κ1) is 14.2. The SMILES string of the molecule is Cc1nc(NC(=O)c2ccccc2)sc1C(=O)N(C)C. The Bertz CT molecular complexity index is 635. The lowest BCUT2D eigenvalue weighted by Crippen LogP contribution is -2.21. The first-order chi connectivity index (χ1) is 9.49. The minimum absolute atomic E-state index is 0.111. The van der Waals surface area contributed by atoms with Gasteiger partial charge in [-0.25, -0.2) is 4.98 Å². The number of hydrogen-bond donors (Lipinski definition) is 1. The van der Waals surface area contributed by atoms with Crippen molar-refractivity contribution in [3.63, 3.8) is 0 Å². The number of benzene rings is 1. The topological polar surface area (TPSA) is 62.3 Å². The highest BCUT2D eigenvalue weighted by molar-refractivity contribution is 7.17. The Balaban J connectivity index is 2.17. The summed E-state index contributed by atoms with van der Waals surface area (Å²) in [5, 5.41) is 3.14. The van der Waals surface area contributed by atoms with E-state index in [1.54, 1.807) is 45.3 Å². The predicted molar refractivity (Wildman–Crippen MR) is 79.3 cm³/mol. The molecule has 0 unspecified atom stereocenters. The van der Waals surface area contributed by atoms with Crippen molar-refractivity contribution in [2.24, 2.45) is 0 Å². The molecule has 5 nitrogen and oxygen atoms in total. The van der Waals surface area contributed by atoms with Crippen LogP contribution in [0, 0.1) is 6.92 Å². The molecule has 1 N–H and O–H groups in total. The summed E-state index contributed by atoms with van der Waals surface area (Å²) in [6.07, 6.45) is 0.